The fraction of sp³-hybridized carbons (Fsp3) is 0.125. The van der Waals surface area contributed by atoms with Gasteiger partial charge in [-0.2, -0.15) is 0 Å². The molecule has 0 atom stereocenters. The number of halogens is 3. The van der Waals surface area contributed by atoms with Crippen LogP contribution in [0.5, 0.6) is 5.75 Å². The molecule has 0 heterocycles. The number of benzene rings is 1. The second-order valence-corrected chi connectivity index (χ2v) is 2.60. The van der Waals surface area contributed by atoms with Gasteiger partial charge in [0.25, 0.3) is 5.69 Å². The van der Waals surface area contributed by atoms with E-state index in [0.29, 0.717) is 0 Å². The van der Waals surface area contributed by atoms with E-state index in [1.165, 1.54) is 0 Å². The molecule has 0 bridgehead atoms. The predicted octanol–water partition coefficient (Wildman–Crippen LogP) is 2.68. The lowest BCUT2D eigenvalue weighted by atomic mass is 10.2. The van der Waals surface area contributed by atoms with Gasteiger partial charge in [0.15, 0.2) is 0 Å². The van der Waals surface area contributed by atoms with E-state index in [9.17, 15) is 23.3 Å². The van der Waals surface area contributed by atoms with Crippen LogP contribution < -0.4 is 4.74 Å². The van der Waals surface area contributed by atoms with Crippen molar-refractivity contribution in [2.45, 2.75) is 6.36 Å². The van der Waals surface area contributed by atoms with Crippen molar-refractivity contribution < 1.29 is 22.8 Å². The minimum Gasteiger partial charge on any atom is -0.405 e. The van der Waals surface area contributed by atoms with E-state index in [1.807, 2.05) is 0 Å². The maximum Gasteiger partial charge on any atom is 0.573 e. The minimum atomic E-state index is -4.83. The fourth-order valence-electron chi connectivity index (χ4n) is 0.904. The molecule has 0 aliphatic rings. The first-order chi connectivity index (χ1) is 6.79. The summed E-state index contributed by atoms with van der Waals surface area (Å²) in [6.07, 6.45) is -4.83. The Morgan fingerprint density at radius 2 is 2.00 bits per heavy atom. The number of nitrogens with zero attached hydrogens (tertiary/aromatic N) is 1. The van der Waals surface area contributed by atoms with E-state index in [-0.39, 0.29) is 11.3 Å². The first kappa shape index (κ1) is 11.3. The summed E-state index contributed by atoms with van der Waals surface area (Å²) in [6.45, 7) is 3.22. The molecule has 1 aromatic carbocycles. The molecule has 0 saturated heterocycles. The molecule has 1 rings (SSSR count). The van der Waals surface area contributed by atoms with Gasteiger partial charge in [0.1, 0.15) is 5.75 Å². The maximum absolute atomic E-state index is 11.8. The highest BCUT2D eigenvalue weighted by Gasteiger charge is 2.31. The Morgan fingerprint density at radius 1 is 1.40 bits per heavy atom. The van der Waals surface area contributed by atoms with Crippen LogP contribution in [0.15, 0.2) is 18.2 Å². The summed E-state index contributed by atoms with van der Waals surface area (Å²) in [6, 6.07) is 2.67. The number of nitro groups is 1. The molecule has 7 heteroatoms. The van der Waals surface area contributed by atoms with Gasteiger partial charge >= 0.3 is 6.36 Å². The van der Waals surface area contributed by atoms with Gasteiger partial charge in [-0.3, -0.25) is 10.1 Å². The fourth-order valence-corrected chi connectivity index (χ4v) is 0.904. The molecule has 1 aromatic rings. The van der Waals surface area contributed by atoms with Crippen molar-refractivity contribution in [1.82, 2.24) is 0 Å². The molecule has 0 unspecified atom stereocenters. The van der Waals surface area contributed by atoms with Crippen molar-refractivity contribution in [2.24, 2.45) is 0 Å². The second kappa shape index (κ2) is 3.76. The molecule has 4 nitrogen and oxygen atoms in total. The van der Waals surface area contributed by atoms with Crippen molar-refractivity contribution in [3.63, 3.8) is 0 Å². The molecule has 0 aromatic heterocycles. The van der Waals surface area contributed by atoms with Crippen LogP contribution in [0.4, 0.5) is 18.9 Å². The lowest BCUT2D eigenvalue weighted by Gasteiger charge is -2.10. The van der Waals surface area contributed by atoms with Gasteiger partial charge < -0.3 is 4.74 Å². The Morgan fingerprint density at radius 3 is 2.40 bits per heavy atom. The summed E-state index contributed by atoms with van der Waals surface area (Å²) in [7, 11) is 0. The normalized spacial score (nSPS) is 11.2. The van der Waals surface area contributed by atoms with Crippen LogP contribution in [0.25, 0.3) is 0 Å². The van der Waals surface area contributed by atoms with Gasteiger partial charge in [0, 0.05) is 17.7 Å². The molecule has 0 fully saturated rings. The standard InChI is InChI=1S/C8H5F3NO3/c1-5-4-6(12(13)14)2-3-7(5)15-8(9,10)11/h2-4H,1H2. The predicted molar refractivity (Wildman–Crippen MR) is 44.2 cm³/mol. The van der Waals surface area contributed by atoms with Gasteiger partial charge in [0.2, 0.25) is 0 Å². The van der Waals surface area contributed by atoms with Gasteiger partial charge in [-0.1, -0.05) is 0 Å². The third-order valence-electron chi connectivity index (χ3n) is 1.48. The highest BCUT2D eigenvalue weighted by atomic mass is 19.4. The molecule has 0 amide bonds. The molecular weight excluding hydrogens is 215 g/mol. The van der Waals surface area contributed by atoms with Crippen LogP contribution in [0.3, 0.4) is 0 Å². The Bertz CT molecular complexity index is 389. The van der Waals surface area contributed by atoms with Gasteiger partial charge in [-0.15, -0.1) is 13.2 Å². The SMILES string of the molecule is [CH2]c1cc([N+](=O)[O-])ccc1OC(F)(F)F. The molecule has 0 saturated carbocycles. The van der Waals surface area contributed by atoms with Gasteiger partial charge in [-0.05, 0) is 13.0 Å². The third-order valence-corrected chi connectivity index (χ3v) is 1.48. The van der Waals surface area contributed by atoms with Crippen LogP contribution >= 0.6 is 0 Å². The van der Waals surface area contributed by atoms with Crippen molar-refractivity contribution in [1.29, 1.82) is 0 Å². The smallest absolute Gasteiger partial charge is 0.405 e. The van der Waals surface area contributed by atoms with Crippen molar-refractivity contribution in [3.05, 3.63) is 40.8 Å². The highest BCUT2D eigenvalue weighted by molar-refractivity contribution is 5.45. The molecule has 81 valence electrons. The van der Waals surface area contributed by atoms with E-state index < -0.39 is 17.0 Å². The van der Waals surface area contributed by atoms with Crippen molar-refractivity contribution in [2.75, 3.05) is 0 Å². The Balaban J connectivity index is 2.99. The minimum absolute atomic E-state index is 0.193. The largest absolute Gasteiger partial charge is 0.573 e. The van der Waals surface area contributed by atoms with E-state index in [0.717, 1.165) is 18.2 Å². The van der Waals surface area contributed by atoms with E-state index in [4.69, 9.17) is 0 Å². The highest BCUT2D eigenvalue weighted by Crippen LogP contribution is 2.28. The molecule has 0 spiro atoms. The number of alkyl halides is 3. The number of nitro benzene ring substituents is 1. The van der Waals surface area contributed by atoms with Gasteiger partial charge in [0.05, 0.1) is 4.92 Å². The third kappa shape index (κ3) is 3.12. The molecule has 0 aliphatic carbocycles. The lowest BCUT2D eigenvalue weighted by molar-refractivity contribution is -0.385. The van der Waals surface area contributed by atoms with Crippen LogP contribution in [-0.2, 0) is 0 Å². The number of non-ortho nitro benzene ring substituents is 1. The molecular formula is C8H5F3NO3. The zero-order chi connectivity index (χ0) is 11.6. The first-order valence-corrected chi connectivity index (χ1v) is 3.66. The average Bonchev–Trinajstić information content (AvgIpc) is 2.05. The first-order valence-electron chi connectivity index (χ1n) is 3.66. The molecule has 0 aliphatic heterocycles. The average molecular weight is 220 g/mol. The summed E-state index contributed by atoms with van der Waals surface area (Å²) >= 11 is 0. The summed E-state index contributed by atoms with van der Waals surface area (Å²) in [4.78, 5) is 9.53. The van der Waals surface area contributed by atoms with Gasteiger partial charge in [-0.25, -0.2) is 0 Å². The zero-order valence-electron chi connectivity index (χ0n) is 7.25. The Labute approximate surface area is 82.4 Å². The summed E-state index contributed by atoms with van der Waals surface area (Å²) in [5.74, 6) is -0.548. The second-order valence-electron chi connectivity index (χ2n) is 2.60. The number of hydrogen-bond donors (Lipinski definition) is 0. The number of rotatable bonds is 2. The summed E-state index contributed by atoms with van der Waals surface area (Å²) in [5.41, 5.74) is -0.531. The van der Waals surface area contributed by atoms with E-state index in [1.54, 1.807) is 0 Å². The van der Waals surface area contributed by atoms with Crippen LogP contribution in [0.1, 0.15) is 5.56 Å². The lowest BCUT2D eigenvalue weighted by Crippen LogP contribution is -2.17. The van der Waals surface area contributed by atoms with Crippen LogP contribution in [0, 0.1) is 17.0 Å². The monoisotopic (exact) mass is 220 g/mol. The molecule has 15 heavy (non-hydrogen) atoms. The number of ether oxygens (including phenoxy) is 1. The quantitative estimate of drug-likeness (QED) is 0.568. The van der Waals surface area contributed by atoms with Crippen LogP contribution in [0.2, 0.25) is 0 Å². The molecule has 0 N–H and O–H groups in total. The van der Waals surface area contributed by atoms with Crippen molar-refractivity contribution in [3.8, 4) is 5.75 Å². The molecule has 1 radical (unpaired) electrons. The van der Waals surface area contributed by atoms with Crippen molar-refractivity contribution >= 4 is 5.69 Å². The summed E-state index contributed by atoms with van der Waals surface area (Å²) < 4.78 is 39.0. The Kier molecular flexibility index (Phi) is 2.83. The van der Waals surface area contributed by atoms with Crippen LogP contribution in [-0.4, -0.2) is 11.3 Å². The van der Waals surface area contributed by atoms with E-state index in [2.05, 4.69) is 11.7 Å². The Hall–Kier alpha value is -1.79. The zero-order valence-corrected chi connectivity index (χ0v) is 7.25. The van der Waals surface area contributed by atoms with E-state index >= 15 is 0 Å². The summed E-state index contributed by atoms with van der Waals surface area (Å²) in [5, 5.41) is 10.3. The topological polar surface area (TPSA) is 52.4 Å². The maximum atomic E-state index is 11.8. The number of hydrogen-bond acceptors (Lipinski definition) is 3.